The maximum Gasteiger partial charge on any atom is 0.306 e. The Balaban J connectivity index is 0.000000187. The fourth-order valence-electron chi connectivity index (χ4n) is 0.330. The van der Waals surface area contributed by atoms with Gasteiger partial charge in [-0.3, -0.25) is 4.79 Å². The fourth-order valence-corrected chi connectivity index (χ4v) is 0.330. The summed E-state index contributed by atoms with van der Waals surface area (Å²) in [6, 6.07) is 0. The van der Waals surface area contributed by atoms with Crippen LogP contribution >= 0.6 is 0 Å². The quantitative estimate of drug-likeness (QED) is 0.317. The standard InChI is InChI=1S/C4H6O2.HN3/c5-4(6)3-1-2-3;1-3-2/h3H,1-2H2,(H,5,6);1H. The van der Waals surface area contributed by atoms with E-state index in [1.54, 1.807) is 4.91 Å². The Morgan fingerprint density at radius 2 is 2.11 bits per heavy atom. The van der Waals surface area contributed by atoms with Crippen molar-refractivity contribution in [3.8, 4) is 0 Å². The van der Waals surface area contributed by atoms with E-state index < -0.39 is 5.97 Å². The van der Waals surface area contributed by atoms with Crippen molar-refractivity contribution in [3.05, 3.63) is 10.4 Å². The monoisotopic (exact) mass is 129 g/mol. The third-order valence-electron chi connectivity index (χ3n) is 0.927. The van der Waals surface area contributed by atoms with Gasteiger partial charge in [0, 0.05) is 0 Å². The Kier molecular flexibility index (Phi) is 3.23. The molecular weight excluding hydrogens is 122 g/mol. The average Bonchev–Trinajstić information content (AvgIpc) is 2.44. The second-order valence-corrected chi connectivity index (χ2v) is 1.71. The smallest absolute Gasteiger partial charge is 0.306 e. The number of hydrogen-bond acceptors (Lipinski definition) is 2. The predicted octanol–water partition coefficient (Wildman–Crippen LogP) is 1.36. The lowest BCUT2D eigenvalue weighted by Gasteiger charge is -1.75. The minimum absolute atomic E-state index is 0.0185. The number of rotatable bonds is 1. The van der Waals surface area contributed by atoms with E-state index in [0.29, 0.717) is 0 Å². The zero-order chi connectivity index (χ0) is 7.28. The van der Waals surface area contributed by atoms with Gasteiger partial charge in [-0.2, -0.15) is 0 Å². The maximum atomic E-state index is 9.76. The molecule has 0 aliphatic heterocycles. The van der Waals surface area contributed by atoms with Crippen LogP contribution in [0.3, 0.4) is 0 Å². The van der Waals surface area contributed by atoms with Crippen molar-refractivity contribution >= 4 is 5.97 Å². The van der Waals surface area contributed by atoms with Crippen LogP contribution in [0.2, 0.25) is 0 Å². The van der Waals surface area contributed by atoms with Crippen LogP contribution in [0.4, 0.5) is 0 Å². The lowest BCUT2D eigenvalue weighted by Crippen LogP contribution is -1.94. The summed E-state index contributed by atoms with van der Waals surface area (Å²) < 4.78 is 0. The van der Waals surface area contributed by atoms with Gasteiger partial charge in [-0.05, 0) is 23.3 Å². The van der Waals surface area contributed by atoms with E-state index in [1.807, 2.05) is 0 Å². The zero-order valence-electron chi connectivity index (χ0n) is 4.74. The van der Waals surface area contributed by atoms with Gasteiger partial charge in [-0.15, -0.1) is 5.53 Å². The lowest BCUT2D eigenvalue weighted by molar-refractivity contribution is -0.138. The van der Waals surface area contributed by atoms with Crippen LogP contribution in [0.1, 0.15) is 12.8 Å². The maximum absolute atomic E-state index is 9.76. The van der Waals surface area contributed by atoms with E-state index in [-0.39, 0.29) is 5.92 Å². The van der Waals surface area contributed by atoms with Crippen molar-refractivity contribution in [2.75, 3.05) is 0 Å². The molecule has 0 heterocycles. The Hall–Kier alpha value is -1.22. The van der Waals surface area contributed by atoms with Crippen LogP contribution in [-0.2, 0) is 4.79 Å². The van der Waals surface area contributed by atoms with Crippen molar-refractivity contribution in [1.29, 1.82) is 5.53 Å². The third-order valence-corrected chi connectivity index (χ3v) is 0.927. The lowest BCUT2D eigenvalue weighted by atomic mass is 10.5. The van der Waals surface area contributed by atoms with Gasteiger partial charge in [0.15, 0.2) is 0 Å². The first-order valence-electron chi connectivity index (χ1n) is 2.46. The van der Waals surface area contributed by atoms with E-state index in [4.69, 9.17) is 16.2 Å². The first-order chi connectivity index (χ1) is 4.22. The number of carboxylic acids is 1. The molecule has 5 nitrogen and oxygen atoms in total. The molecule has 0 unspecified atom stereocenters. The Bertz CT molecular complexity index is 135. The molecule has 0 aromatic carbocycles. The fraction of sp³-hybridized carbons (Fsp3) is 0.750. The molecule has 5 heteroatoms. The first-order valence-corrected chi connectivity index (χ1v) is 2.46. The summed E-state index contributed by atoms with van der Waals surface area (Å²) in [5.41, 5.74) is 12.2. The van der Waals surface area contributed by atoms with Crippen LogP contribution in [0.15, 0.2) is 0 Å². The van der Waals surface area contributed by atoms with Gasteiger partial charge in [0.05, 0.1) is 5.92 Å². The van der Waals surface area contributed by atoms with Crippen molar-refractivity contribution in [2.24, 2.45) is 5.92 Å². The van der Waals surface area contributed by atoms with Crippen LogP contribution in [0, 0.1) is 11.4 Å². The van der Waals surface area contributed by atoms with E-state index in [9.17, 15) is 4.79 Å². The molecule has 0 aromatic heterocycles. The normalized spacial score (nSPS) is 14.7. The largest absolute Gasteiger partial charge is 0.481 e. The van der Waals surface area contributed by atoms with Crippen molar-refractivity contribution in [2.45, 2.75) is 12.8 Å². The molecule has 1 fully saturated rings. The van der Waals surface area contributed by atoms with Crippen molar-refractivity contribution < 1.29 is 9.90 Å². The molecule has 0 spiro atoms. The molecule has 0 atom stereocenters. The minimum Gasteiger partial charge on any atom is -0.481 e. The average molecular weight is 129 g/mol. The van der Waals surface area contributed by atoms with E-state index >= 15 is 0 Å². The molecule has 0 aromatic rings. The number of nitrogens with one attached hydrogen (secondary N) is 1. The highest BCUT2D eigenvalue weighted by atomic mass is 16.4. The summed E-state index contributed by atoms with van der Waals surface area (Å²) in [7, 11) is 0. The molecule has 0 saturated heterocycles. The summed E-state index contributed by atoms with van der Waals surface area (Å²) in [6.07, 6.45) is 1.80. The molecule has 1 aliphatic rings. The topological polar surface area (TPSA) is 97.5 Å². The number of carboxylic acid groups (broad SMARTS) is 1. The van der Waals surface area contributed by atoms with Gasteiger partial charge in [0.25, 0.3) is 0 Å². The number of aliphatic carboxylic acids is 1. The highest BCUT2D eigenvalue weighted by Crippen LogP contribution is 2.28. The van der Waals surface area contributed by atoms with Crippen LogP contribution in [0.25, 0.3) is 10.4 Å². The summed E-state index contributed by atoms with van der Waals surface area (Å²) in [5, 5.41) is 8.05. The molecule has 1 aliphatic carbocycles. The molecule has 1 saturated carbocycles. The second kappa shape index (κ2) is 3.74. The summed E-state index contributed by atoms with van der Waals surface area (Å²) in [5.74, 6) is -0.611. The highest BCUT2D eigenvalue weighted by Gasteiger charge is 2.28. The number of carbonyl (C=O) groups is 1. The number of nitrogens with zero attached hydrogens (tertiary/aromatic N) is 2. The van der Waals surface area contributed by atoms with Crippen molar-refractivity contribution in [1.82, 2.24) is 0 Å². The molecule has 0 bridgehead atoms. The summed E-state index contributed by atoms with van der Waals surface area (Å²) >= 11 is 0. The molecule has 9 heavy (non-hydrogen) atoms. The Morgan fingerprint density at radius 1 is 1.78 bits per heavy atom. The molecule has 2 N–H and O–H groups in total. The predicted molar refractivity (Wildman–Crippen MR) is 29.8 cm³/mol. The van der Waals surface area contributed by atoms with Gasteiger partial charge in [-0.1, -0.05) is 0 Å². The van der Waals surface area contributed by atoms with Crippen LogP contribution in [-0.4, -0.2) is 11.1 Å². The first kappa shape index (κ1) is 7.78. The summed E-state index contributed by atoms with van der Waals surface area (Å²) in [4.78, 5) is 11.5. The third kappa shape index (κ3) is 4.64. The van der Waals surface area contributed by atoms with Crippen LogP contribution < -0.4 is 0 Å². The molecule has 0 amide bonds. The molecular formula is C4H7N3O2. The van der Waals surface area contributed by atoms with Gasteiger partial charge in [-0.25, -0.2) is 0 Å². The Morgan fingerprint density at radius 3 is 2.11 bits per heavy atom. The summed E-state index contributed by atoms with van der Waals surface area (Å²) in [6.45, 7) is 0. The van der Waals surface area contributed by atoms with Gasteiger partial charge in [0.1, 0.15) is 0 Å². The van der Waals surface area contributed by atoms with Gasteiger partial charge >= 0.3 is 5.97 Å². The highest BCUT2D eigenvalue weighted by molar-refractivity contribution is 5.72. The van der Waals surface area contributed by atoms with Crippen LogP contribution in [0.5, 0.6) is 0 Å². The van der Waals surface area contributed by atoms with E-state index in [2.05, 4.69) is 0 Å². The Labute approximate surface area is 51.7 Å². The second-order valence-electron chi connectivity index (χ2n) is 1.71. The zero-order valence-corrected chi connectivity index (χ0v) is 4.74. The van der Waals surface area contributed by atoms with Gasteiger partial charge < -0.3 is 5.11 Å². The minimum atomic E-state index is -0.630. The van der Waals surface area contributed by atoms with Gasteiger partial charge in [0.2, 0.25) is 0 Å². The number of hydrogen-bond donors (Lipinski definition) is 2. The molecule has 50 valence electrons. The van der Waals surface area contributed by atoms with E-state index in [1.165, 1.54) is 0 Å². The molecule has 1 rings (SSSR count). The SMILES string of the molecule is O=C(O)C1CC1.[N-]=[N+]=N. The van der Waals surface area contributed by atoms with Crippen molar-refractivity contribution in [3.63, 3.8) is 0 Å². The molecule has 0 radical (unpaired) electrons. The van der Waals surface area contributed by atoms with E-state index in [0.717, 1.165) is 12.8 Å².